The summed E-state index contributed by atoms with van der Waals surface area (Å²) in [6.45, 7) is 6.00. The number of aromatic nitrogens is 1. The molecule has 0 spiro atoms. The van der Waals surface area contributed by atoms with Crippen molar-refractivity contribution in [1.29, 1.82) is 0 Å². The predicted octanol–water partition coefficient (Wildman–Crippen LogP) is 3.65. The van der Waals surface area contributed by atoms with E-state index in [4.69, 9.17) is 0 Å². The lowest BCUT2D eigenvalue weighted by Crippen LogP contribution is -2.28. The van der Waals surface area contributed by atoms with Crippen LogP contribution in [0.25, 0.3) is 0 Å². The van der Waals surface area contributed by atoms with Gasteiger partial charge in [-0.25, -0.2) is 13.4 Å². The van der Waals surface area contributed by atoms with Crippen LogP contribution < -0.4 is 5.32 Å². The van der Waals surface area contributed by atoms with Crippen LogP contribution in [-0.4, -0.2) is 24.7 Å². The Kier molecular flexibility index (Phi) is 3.69. The number of pyridine rings is 1. The molecule has 0 saturated heterocycles. The highest BCUT2D eigenvalue weighted by molar-refractivity contribution is 7.92. The highest BCUT2D eigenvalue weighted by Gasteiger charge is 2.54. The van der Waals surface area contributed by atoms with E-state index in [1.165, 1.54) is 17.5 Å². The molecule has 4 rings (SSSR count). The van der Waals surface area contributed by atoms with E-state index in [1.54, 1.807) is 33.0 Å². The summed E-state index contributed by atoms with van der Waals surface area (Å²) in [7, 11) is -3.40. The van der Waals surface area contributed by atoms with E-state index >= 15 is 0 Å². The van der Waals surface area contributed by atoms with Crippen LogP contribution in [0.3, 0.4) is 0 Å². The third-order valence-electron chi connectivity index (χ3n) is 5.56. The summed E-state index contributed by atoms with van der Waals surface area (Å²) in [6.07, 6.45) is 2.82. The van der Waals surface area contributed by atoms with Crippen molar-refractivity contribution in [2.45, 2.75) is 42.9 Å². The monoisotopic (exact) mass is 356 g/mol. The van der Waals surface area contributed by atoms with Gasteiger partial charge in [0.25, 0.3) is 0 Å². The van der Waals surface area contributed by atoms with Gasteiger partial charge in [0.1, 0.15) is 0 Å². The highest BCUT2D eigenvalue weighted by atomic mass is 32.2. The van der Waals surface area contributed by atoms with Crippen LogP contribution in [0.15, 0.2) is 47.6 Å². The minimum atomic E-state index is -3.40. The molecule has 2 aliphatic rings. The first-order valence-corrected chi connectivity index (χ1v) is 10.3. The molecule has 1 aromatic heterocycles. The average molecular weight is 356 g/mol. The van der Waals surface area contributed by atoms with Crippen LogP contribution in [0.1, 0.15) is 37.8 Å². The van der Waals surface area contributed by atoms with Gasteiger partial charge in [-0.1, -0.05) is 24.3 Å². The van der Waals surface area contributed by atoms with Crippen molar-refractivity contribution in [3.63, 3.8) is 0 Å². The molecule has 1 heterocycles. The summed E-state index contributed by atoms with van der Waals surface area (Å²) in [4.78, 5) is 4.17. The van der Waals surface area contributed by atoms with E-state index < -0.39 is 14.6 Å². The SMILES string of the molecule is CC(C)(C)S(=O)(=O)c1ccc(NCC2C3Cc4ccccc4C23)cn1. The molecule has 25 heavy (non-hydrogen) atoms. The first-order chi connectivity index (χ1) is 11.8. The summed E-state index contributed by atoms with van der Waals surface area (Å²) in [5.74, 6) is 2.13. The smallest absolute Gasteiger partial charge is 0.200 e. The van der Waals surface area contributed by atoms with Crippen LogP contribution in [0, 0.1) is 11.8 Å². The zero-order valence-electron chi connectivity index (χ0n) is 14.9. The molecule has 0 amide bonds. The number of anilines is 1. The minimum absolute atomic E-state index is 0.141. The zero-order valence-corrected chi connectivity index (χ0v) is 15.7. The van der Waals surface area contributed by atoms with Crippen LogP contribution in [0.4, 0.5) is 5.69 Å². The summed E-state index contributed by atoms with van der Waals surface area (Å²) < 4.78 is 24.0. The third kappa shape index (κ3) is 2.74. The summed E-state index contributed by atoms with van der Waals surface area (Å²) in [6, 6.07) is 12.2. The topological polar surface area (TPSA) is 59.1 Å². The van der Waals surface area contributed by atoms with E-state index in [-0.39, 0.29) is 5.03 Å². The Morgan fingerprint density at radius 3 is 2.60 bits per heavy atom. The number of nitrogens with zero attached hydrogens (tertiary/aromatic N) is 1. The van der Waals surface area contributed by atoms with Crippen LogP contribution in [0.5, 0.6) is 0 Å². The van der Waals surface area contributed by atoms with Gasteiger partial charge in [-0.05, 0) is 68.2 Å². The fourth-order valence-corrected chi connectivity index (χ4v) is 5.02. The maximum atomic E-state index is 12.4. The van der Waals surface area contributed by atoms with Crippen molar-refractivity contribution >= 4 is 15.5 Å². The molecule has 0 radical (unpaired) electrons. The van der Waals surface area contributed by atoms with Crippen molar-refractivity contribution in [1.82, 2.24) is 4.98 Å². The first kappa shape index (κ1) is 16.6. The number of rotatable bonds is 4. The molecule has 1 saturated carbocycles. The molecular weight excluding hydrogens is 332 g/mol. The molecule has 3 unspecified atom stereocenters. The number of fused-ring (bicyclic) bond motifs is 3. The number of hydrogen-bond acceptors (Lipinski definition) is 4. The van der Waals surface area contributed by atoms with Gasteiger partial charge in [0.2, 0.25) is 0 Å². The molecule has 2 aromatic rings. The van der Waals surface area contributed by atoms with Gasteiger partial charge in [0.05, 0.1) is 16.6 Å². The molecule has 4 nitrogen and oxygen atoms in total. The van der Waals surface area contributed by atoms with Crippen LogP contribution in [-0.2, 0) is 16.3 Å². The number of hydrogen-bond donors (Lipinski definition) is 1. The maximum Gasteiger partial charge on any atom is 0.200 e. The quantitative estimate of drug-likeness (QED) is 0.908. The lowest BCUT2D eigenvalue weighted by atomic mass is 10.0. The predicted molar refractivity (Wildman–Crippen MR) is 99.5 cm³/mol. The minimum Gasteiger partial charge on any atom is -0.383 e. The Morgan fingerprint density at radius 1 is 1.16 bits per heavy atom. The van der Waals surface area contributed by atoms with Gasteiger partial charge in [0.15, 0.2) is 14.9 Å². The molecule has 3 atom stereocenters. The van der Waals surface area contributed by atoms with Gasteiger partial charge in [-0.2, -0.15) is 0 Å². The molecule has 1 N–H and O–H groups in total. The first-order valence-electron chi connectivity index (χ1n) is 8.81. The molecule has 5 heteroatoms. The largest absolute Gasteiger partial charge is 0.383 e. The Hall–Kier alpha value is -1.88. The molecule has 132 valence electrons. The Labute approximate surface area is 149 Å². The van der Waals surface area contributed by atoms with Crippen LogP contribution >= 0.6 is 0 Å². The molecule has 1 fully saturated rings. The second-order valence-corrected chi connectivity index (χ2v) is 10.8. The molecule has 1 aromatic carbocycles. The molecule has 0 bridgehead atoms. The van der Waals surface area contributed by atoms with Crippen molar-refractivity contribution in [2.75, 3.05) is 11.9 Å². The third-order valence-corrected chi connectivity index (χ3v) is 7.97. The molecule has 2 aliphatic carbocycles. The lowest BCUT2D eigenvalue weighted by Gasteiger charge is -2.18. The van der Waals surface area contributed by atoms with Gasteiger partial charge in [-0.15, -0.1) is 0 Å². The standard InChI is InChI=1S/C20H24N2O2S/c1-20(2,3)25(23,24)18-9-8-14(11-22-18)21-12-17-16-10-13-6-4-5-7-15(13)19(16)17/h4-9,11,16-17,19,21H,10,12H2,1-3H3. The summed E-state index contributed by atoms with van der Waals surface area (Å²) in [5, 5.41) is 3.57. The van der Waals surface area contributed by atoms with Crippen molar-refractivity contribution < 1.29 is 8.42 Å². The van der Waals surface area contributed by atoms with Gasteiger partial charge >= 0.3 is 0 Å². The van der Waals surface area contributed by atoms with Crippen molar-refractivity contribution in [3.05, 3.63) is 53.7 Å². The van der Waals surface area contributed by atoms with Crippen LogP contribution in [0.2, 0.25) is 0 Å². The maximum absolute atomic E-state index is 12.4. The summed E-state index contributed by atoms with van der Waals surface area (Å²) >= 11 is 0. The van der Waals surface area contributed by atoms with E-state index in [1.807, 2.05) is 6.07 Å². The second-order valence-electron chi connectivity index (χ2n) is 8.14. The Balaban J connectivity index is 1.40. The van der Waals surface area contributed by atoms with Crippen molar-refractivity contribution in [3.8, 4) is 0 Å². The number of benzene rings is 1. The number of sulfone groups is 1. The lowest BCUT2D eigenvalue weighted by molar-refractivity contribution is 0.556. The van der Waals surface area contributed by atoms with Gasteiger partial charge in [0, 0.05) is 6.54 Å². The second kappa shape index (κ2) is 5.56. The van der Waals surface area contributed by atoms with Gasteiger partial charge in [-0.3, -0.25) is 0 Å². The van der Waals surface area contributed by atoms with Crippen molar-refractivity contribution in [2.24, 2.45) is 11.8 Å². The average Bonchev–Trinajstić information content (AvgIpc) is 3.10. The number of nitrogens with one attached hydrogen (secondary N) is 1. The molecular formula is C20H24N2O2S. The normalized spacial score (nSPS) is 24.5. The summed E-state index contributed by atoms with van der Waals surface area (Å²) in [5.41, 5.74) is 3.90. The Bertz CT molecular complexity index is 898. The van der Waals surface area contributed by atoms with Gasteiger partial charge < -0.3 is 5.32 Å². The zero-order chi connectivity index (χ0) is 17.8. The highest BCUT2D eigenvalue weighted by Crippen LogP contribution is 2.61. The van der Waals surface area contributed by atoms with E-state index in [9.17, 15) is 8.42 Å². The van der Waals surface area contributed by atoms with E-state index in [0.717, 1.165) is 18.2 Å². The fraction of sp³-hybridized carbons (Fsp3) is 0.450. The molecule has 0 aliphatic heterocycles. The fourth-order valence-electron chi connectivity index (χ4n) is 3.96. The van der Waals surface area contributed by atoms with E-state index in [0.29, 0.717) is 11.8 Å². The van der Waals surface area contributed by atoms with E-state index in [2.05, 4.69) is 34.6 Å². The Morgan fingerprint density at radius 2 is 1.92 bits per heavy atom.